The summed E-state index contributed by atoms with van der Waals surface area (Å²) in [6, 6.07) is 19.9. The van der Waals surface area contributed by atoms with Crippen molar-refractivity contribution < 1.29 is 20.1 Å². The Morgan fingerprint density at radius 2 is 1.04 bits per heavy atom. The summed E-state index contributed by atoms with van der Waals surface area (Å²) in [5, 5.41) is 28.5. The molecule has 4 nitrogen and oxygen atoms in total. The van der Waals surface area contributed by atoms with E-state index in [0.717, 1.165) is 11.1 Å². The summed E-state index contributed by atoms with van der Waals surface area (Å²) in [6.07, 6.45) is 0. The molecule has 119 valence electrons. The fraction of sp³-hybridized carbons (Fsp3) is 0. The zero-order valence-electron chi connectivity index (χ0n) is 12.7. The third kappa shape index (κ3) is 3.08. The van der Waals surface area contributed by atoms with Crippen LogP contribution in [0, 0.1) is 5.92 Å². The molecule has 0 saturated heterocycles. The molecule has 0 aliphatic heterocycles. The van der Waals surface area contributed by atoms with Gasteiger partial charge >= 0.3 is 5.97 Å². The second-order valence-corrected chi connectivity index (χ2v) is 5.32. The molecule has 1 radical (unpaired) electrons. The standard InChI is InChI=1S/C20H15O4/c21-15-9-5-13(6-10-15)19(14-7-11-16(22)12-8-14)17-3-1-2-4-18(17)20(23)24/h1-12,21-22H,(H,23,24). The predicted octanol–water partition coefficient (Wildman–Crippen LogP) is 3.82. The number of carboxylic acid groups (broad SMARTS) is 1. The van der Waals surface area contributed by atoms with E-state index >= 15 is 0 Å². The van der Waals surface area contributed by atoms with Gasteiger partial charge in [0, 0.05) is 0 Å². The van der Waals surface area contributed by atoms with Crippen molar-refractivity contribution >= 4 is 5.97 Å². The van der Waals surface area contributed by atoms with Crippen LogP contribution in [-0.4, -0.2) is 21.3 Å². The van der Waals surface area contributed by atoms with E-state index in [2.05, 4.69) is 0 Å². The van der Waals surface area contributed by atoms with Crippen LogP contribution in [-0.2, 0) is 0 Å². The van der Waals surface area contributed by atoms with Crippen LogP contribution < -0.4 is 0 Å². The molecule has 0 aliphatic rings. The van der Waals surface area contributed by atoms with Gasteiger partial charge in [0.2, 0.25) is 0 Å². The van der Waals surface area contributed by atoms with Gasteiger partial charge in [0.1, 0.15) is 11.5 Å². The van der Waals surface area contributed by atoms with Gasteiger partial charge in [-0.3, -0.25) is 0 Å². The lowest BCUT2D eigenvalue weighted by Gasteiger charge is -2.20. The summed E-state index contributed by atoms with van der Waals surface area (Å²) in [5.41, 5.74) is 2.30. The average molecular weight is 319 g/mol. The van der Waals surface area contributed by atoms with Crippen molar-refractivity contribution in [3.8, 4) is 11.5 Å². The fourth-order valence-corrected chi connectivity index (χ4v) is 2.62. The molecule has 3 aromatic rings. The molecular weight excluding hydrogens is 304 g/mol. The Hall–Kier alpha value is -3.27. The van der Waals surface area contributed by atoms with Crippen molar-refractivity contribution in [2.24, 2.45) is 0 Å². The van der Waals surface area contributed by atoms with E-state index in [4.69, 9.17) is 0 Å². The molecule has 0 saturated carbocycles. The summed E-state index contributed by atoms with van der Waals surface area (Å²) in [5.74, 6) is -0.0284. The van der Waals surface area contributed by atoms with Crippen LogP contribution in [0.15, 0.2) is 72.8 Å². The second-order valence-electron chi connectivity index (χ2n) is 5.32. The van der Waals surface area contributed by atoms with Crippen molar-refractivity contribution in [1.82, 2.24) is 0 Å². The number of carbonyl (C=O) groups is 1. The van der Waals surface area contributed by atoms with Crippen LogP contribution in [0.1, 0.15) is 27.0 Å². The van der Waals surface area contributed by atoms with Gasteiger partial charge in [-0.05, 0) is 47.0 Å². The molecule has 0 heterocycles. The Bertz CT molecular complexity index is 806. The van der Waals surface area contributed by atoms with Crippen molar-refractivity contribution in [2.75, 3.05) is 0 Å². The first-order valence-corrected chi connectivity index (χ1v) is 7.35. The third-order valence-electron chi connectivity index (χ3n) is 3.74. The highest BCUT2D eigenvalue weighted by Crippen LogP contribution is 2.34. The number of aromatic hydroxyl groups is 2. The van der Waals surface area contributed by atoms with E-state index in [1.807, 2.05) is 0 Å². The third-order valence-corrected chi connectivity index (χ3v) is 3.74. The van der Waals surface area contributed by atoms with Gasteiger partial charge in [-0.2, -0.15) is 0 Å². The molecule has 24 heavy (non-hydrogen) atoms. The maximum atomic E-state index is 11.6. The Morgan fingerprint density at radius 1 is 0.625 bits per heavy atom. The Labute approximate surface area is 139 Å². The van der Waals surface area contributed by atoms with E-state index in [9.17, 15) is 20.1 Å². The largest absolute Gasteiger partial charge is 0.508 e. The maximum Gasteiger partial charge on any atom is 0.336 e. The van der Waals surface area contributed by atoms with Crippen LogP contribution in [0.4, 0.5) is 0 Å². The quantitative estimate of drug-likeness (QED) is 0.639. The van der Waals surface area contributed by atoms with E-state index in [0.29, 0.717) is 11.5 Å². The van der Waals surface area contributed by atoms with Crippen LogP contribution >= 0.6 is 0 Å². The first-order chi connectivity index (χ1) is 11.6. The number of benzene rings is 3. The highest BCUT2D eigenvalue weighted by Gasteiger charge is 2.23. The first-order valence-electron chi connectivity index (χ1n) is 7.35. The van der Waals surface area contributed by atoms with Crippen molar-refractivity contribution in [2.45, 2.75) is 0 Å². The minimum atomic E-state index is -1.01. The molecule has 0 aromatic heterocycles. The summed E-state index contributed by atoms with van der Waals surface area (Å²) in [6.45, 7) is 0. The smallest absolute Gasteiger partial charge is 0.336 e. The van der Waals surface area contributed by atoms with Crippen molar-refractivity contribution in [1.29, 1.82) is 0 Å². The highest BCUT2D eigenvalue weighted by atomic mass is 16.4. The van der Waals surface area contributed by atoms with Gasteiger partial charge in [-0.15, -0.1) is 0 Å². The van der Waals surface area contributed by atoms with Crippen LogP contribution in [0.5, 0.6) is 11.5 Å². The number of hydrogen-bond acceptors (Lipinski definition) is 3. The van der Waals surface area contributed by atoms with Crippen LogP contribution in [0.3, 0.4) is 0 Å². The summed E-state index contributed by atoms with van der Waals surface area (Å²) < 4.78 is 0. The topological polar surface area (TPSA) is 77.8 Å². The molecule has 0 atom stereocenters. The molecule has 0 amide bonds. The first kappa shape index (κ1) is 15.6. The van der Waals surface area contributed by atoms with E-state index in [1.165, 1.54) is 0 Å². The van der Waals surface area contributed by atoms with Gasteiger partial charge in [-0.1, -0.05) is 42.5 Å². The lowest BCUT2D eigenvalue weighted by molar-refractivity contribution is 0.0696. The number of rotatable bonds is 4. The summed E-state index contributed by atoms with van der Waals surface area (Å²) in [7, 11) is 0. The molecule has 3 aromatic carbocycles. The average Bonchev–Trinajstić information content (AvgIpc) is 2.59. The van der Waals surface area contributed by atoms with Crippen molar-refractivity contribution in [3.63, 3.8) is 0 Å². The second kappa shape index (κ2) is 6.46. The van der Waals surface area contributed by atoms with Gasteiger partial charge in [0.15, 0.2) is 0 Å². The number of aromatic carboxylic acids is 1. The lowest BCUT2D eigenvalue weighted by Crippen LogP contribution is -2.10. The molecule has 0 aliphatic carbocycles. The molecule has 0 bridgehead atoms. The number of phenolic OH excluding ortho intramolecular Hbond substituents is 2. The van der Waals surface area contributed by atoms with Gasteiger partial charge < -0.3 is 15.3 Å². The number of phenols is 2. The fourth-order valence-electron chi connectivity index (χ4n) is 2.62. The van der Waals surface area contributed by atoms with Crippen molar-refractivity contribution in [3.05, 3.63) is 101 Å². The Morgan fingerprint density at radius 3 is 1.46 bits per heavy atom. The predicted molar refractivity (Wildman–Crippen MR) is 90.2 cm³/mol. The lowest BCUT2D eigenvalue weighted by atomic mass is 9.83. The Balaban J connectivity index is 2.21. The minimum absolute atomic E-state index is 0.135. The summed E-state index contributed by atoms with van der Waals surface area (Å²) in [4.78, 5) is 11.6. The highest BCUT2D eigenvalue weighted by molar-refractivity contribution is 5.91. The summed E-state index contributed by atoms with van der Waals surface area (Å²) >= 11 is 0. The number of carboxylic acids is 1. The van der Waals surface area contributed by atoms with Crippen LogP contribution in [0.25, 0.3) is 0 Å². The minimum Gasteiger partial charge on any atom is -0.508 e. The molecule has 3 rings (SSSR count). The van der Waals surface area contributed by atoms with Gasteiger partial charge in [0.05, 0.1) is 11.5 Å². The Kier molecular flexibility index (Phi) is 4.20. The molecule has 4 heteroatoms. The van der Waals surface area contributed by atoms with E-state index in [1.54, 1.807) is 72.8 Å². The number of hydrogen-bond donors (Lipinski definition) is 3. The SMILES string of the molecule is O=C(O)c1ccccc1[C](c1ccc(O)cc1)c1ccc(O)cc1. The normalized spacial score (nSPS) is 10.7. The zero-order valence-corrected chi connectivity index (χ0v) is 12.7. The zero-order chi connectivity index (χ0) is 17.1. The molecule has 0 fully saturated rings. The van der Waals surface area contributed by atoms with Gasteiger partial charge in [-0.25, -0.2) is 4.79 Å². The molecule has 0 unspecified atom stereocenters. The maximum absolute atomic E-state index is 11.6. The molecule has 0 spiro atoms. The molecular formula is C20H15O4. The van der Waals surface area contributed by atoms with Gasteiger partial charge in [0.25, 0.3) is 0 Å². The monoisotopic (exact) mass is 319 g/mol. The van der Waals surface area contributed by atoms with E-state index in [-0.39, 0.29) is 17.1 Å². The molecule has 3 N–H and O–H groups in total. The van der Waals surface area contributed by atoms with E-state index < -0.39 is 5.97 Å². The van der Waals surface area contributed by atoms with Crippen LogP contribution in [0.2, 0.25) is 0 Å².